The molecule has 0 saturated carbocycles. The molecule has 0 bridgehead atoms. The van der Waals surface area contributed by atoms with Gasteiger partial charge in [0.25, 0.3) is 11.5 Å². The molecule has 0 fully saturated rings. The van der Waals surface area contributed by atoms with Gasteiger partial charge in [-0.2, -0.15) is 5.10 Å². The van der Waals surface area contributed by atoms with Crippen molar-refractivity contribution in [2.45, 2.75) is 33.7 Å². The third-order valence-electron chi connectivity index (χ3n) is 3.57. The van der Waals surface area contributed by atoms with Crippen LogP contribution in [0.5, 0.6) is 0 Å². The molecular weight excluding hydrogens is 266 g/mol. The van der Waals surface area contributed by atoms with Crippen molar-refractivity contribution >= 4 is 16.7 Å². The van der Waals surface area contributed by atoms with Crippen molar-refractivity contribution in [3.8, 4) is 0 Å². The molecule has 0 spiro atoms. The summed E-state index contributed by atoms with van der Waals surface area (Å²) in [6, 6.07) is 7.07. The van der Waals surface area contributed by atoms with Crippen molar-refractivity contribution < 1.29 is 4.79 Å². The van der Waals surface area contributed by atoms with Crippen molar-refractivity contribution in [1.82, 2.24) is 14.7 Å². The van der Waals surface area contributed by atoms with Gasteiger partial charge in [0.2, 0.25) is 0 Å². The van der Waals surface area contributed by atoms with Gasteiger partial charge in [0.1, 0.15) is 0 Å². The minimum absolute atomic E-state index is 0.0923. The Balaban J connectivity index is 2.76. The maximum atomic E-state index is 12.7. The van der Waals surface area contributed by atoms with Gasteiger partial charge in [0, 0.05) is 18.5 Å². The van der Waals surface area contributed by atoms with Crippen molar-refractivity contribution in [1.29, 1.82) is 0 Å². The van der Waals surface area contributed by atoms with Crippen LogP contribution in [0, 0.1) is 0 Å². The van der Waals surface area contributed by atoms with E-state index in [1.54, 1.807) is 23.1 Å². The summed E-state index contributed by atoms with van der Waals surface area (Å²) in [5.74, 6) is -0.134. The van der Waals surface area contributed by atoms with E-state index in [9.17, 15) is 9.59 Å². The van der Waals surface area contributed by atoms with Gasteiger partial charge in [-0.15, -0.1) is 0 Å². The van der Waals surface area contributed by atoms with Crippen LogP contribution in [-0.2, 0) is 0 Å². The predicted molar refractivity (Wildman–Crippen MR) is 83.6 cm³/mol. The molecule has 0 unspecified atom stereocenters. The van der Waals surface area contributed by atoms with Crippen molar-refractivity contribution in [3.63, 3.8) is 0 Å². The molecular formula is C16H21N3O2. The largest absolute Gasteiger partial charge is 0.338 e. The number of rotatable bonds is 4. The Morgan fingerprint density at radius 3 is 2.29 bits per heavy atom. The lowest BCUT2D eigenvalue weighted by Gasteiger charge is -2.20. The van der Waals surface area contributed by atoms with Gasteiger partial charge in [-0.1, -0.05) is 18.2 Å². The van der Waals surface area contributed by atoms with E-state index in [4.69, 9.17) is 0 Å². The van der Waals surface area contributed by atoms with Crippen molar-refractivity contribution in [3.05, 3.63) is 40.3 Å². The molecule has 5 nitrogen and oxygen atoms in total. The van der Waals surface area contributed by atoms with E-state index in [2.05, 4.69) is 5.10 Å². The minimum atomic E-state index is -0.156. The van der Waals surface area contributed by atoms with Gasteiger partial charge in [0.15, 0.2) is 5.69 Å². The smallest absolute Gasteiger partial charge is 0.274 e. The van der Waals surface area contributed by atoms with Crippen LogP contribution in [0.2, 0.25) is 0 Å². The van der Waals surface area contributed by atoms with Crippen molar-refractivity contribution in [2.75, 3.05) is 13.1 Å². The molecule has 0 atom stereocenters. The Bertz CT molecular complexity index is 715. The van der Waals surface area contributed by atoms with Crippen LogP contribution < -0.4 is 5.56 Å². The monoisotopic (exact) mass is 287 g/mol. The third-order valence-corrected chi connectivity index (χ3v) is 3.57. The molecule has 1 amide bonds. The molecule has 1 aromatic heterocycles. The van der Waals surface area contributed by atoms with Crippen molar-refractivity contribution in [2.24, 2.45) is 0 Å². The van der Waals surface area contributed by atoms with Crippen LogP contribution in [0.25, 0.3) is 10.8 Å². The number of nitrogens with zero attached hydrogens (tertiary/aromatic N) is 3. The molecule has 5 heteroatoms. The number of amides is 1. The number of aromatic nitrogens is 2. The van der Waals surface area contributed by atoms with E-state index >= 15 is 0 Å². The first kappa shape index (κ1) is 15.2. The van der Waals surface area contributed by atoms with Gasteiger partial charge in [-0.05, 0) is 33.8 Å². The van der Waals surface area contributed by atoms with E-state index in [-0.39, 0.29) is 17.5 Å². The Labute approximate surface area is 124 Å². The first-order valence-electron chi connectivity index (χ1n) is 7.32. The molecule has 1 heterocycles. The first-order chi connectivity index (χ1) is 10.0. The van der Waals surface area contributed by atoms with Gasteiger partial charge in [-0.3, -0.25) is 9.59 Å². The summed E-state index contributed by atoms with van der Waals surface area (Å²) in [5, 5.41) is 5.49. The fourth-order valence-corrected chi connectivity index (χ4v) is 2.38. The second-order valence-corrected chi connectivity index (χ2v) is 5.22. The average Bonchev–Trinajstić information content (AvgIpc) is 2.48. The number of fused-ring (bicyclic) bond motifs is 1. The number of carbonyl (C=O) groups excluding carboxylic acids is 1. The highest BCUT2D eigenvalue weighted by Gasteiger charge is 2.20. The van der Waals surface area contributed by atoms with Crippen LogP contribution >= 0.6 is 0 Å². The summed E-state index contributed by atoms with van der Waals surface area (Å²) in [6.45, 7) is 8.87. The SMILES string of the molecule is CCN(CC)C(=O)c1nn(C(C)C)c(=O)c2ccccc12. The molecule has 21 heavy (non-hydrogen) atoms. The quantitative estimate of drug-likeness (QED) is 0.868. The van der Waals surface area contributed by atoms with Crippen LogP contribution in [0.1, 0.15) is 44.2 Å². The molecule has 0 radical (unpaired) electrons. The number of hydrogen-bond acceptors (Lipinski definition) is 3. The Morgan fingerprint density at radius 2 is 1.76 bits per heavy atom. The van der Waals surface area contributed by atoms with Crippen LogP contribution in [0.3, 0.4) is 0 Å². The zero-order valence-corrected chi connectivity index (χ0v) is 13.0. The first-order valence-corrected chi connectivity index (χ1v) is 7.32. The highest BCUT2D eigenvalue weighted by atomic mass is 16.2. The molecule has 112 valence electrons. The second-order valence-electron chi connectivity index (χ2n) is 5.22. The van der Waals surface area contributed by atoms with E-state index in [1.807, 2.05) is 33.8 Å². The Kier molecular flexibility index (Phi) is 4.40. The molecule has 2 rings (SSSR count). The lowest BCUT2D eigenvalue weighted by Crippen LogP contribution is -2.34. The summed E-state index contributed by atoms with van der Waals surface area (Å²) < 4.78 is 1.39. The average molecular weight is 287 g/mol. The van der Waals surface area contributed by atoms with E-state index in [0.717, 1.165) is 0 Å². The normalized spacial score (nSPS) is 11.1. The van der Waals surface area contributed by atoms with Gasteiger partial charge in [0.05, 0.1) is 11.4 Å². The maximum Gasteiger partial charge on any atom is 0.274 e. The summed E-state index contributed by atoms with van der Waals surface area (Å²) in [5.41, 5.74) is 0.194. The highest BCUT2D eigenvalue weighted by molar-refractivity contribution is 6.04. The molecule has 0 aliphatic carbocycles. The molecule has 0 aliphatic heterocycles. The third kappa shape index (κ3) is 2.68. The van der Waals surface area contributed by atoms with Crippen LogP contribution in [0.4, 0.5) is 0 Å². The van der Waals surface area contributed by atoms with E-state index < -0.39 is 0 Å². The summed E-state index contributed by atoms with van der Waals surface area (Å²) in [7, 11) is 0. The molecule has 0 N–H and O–H groups in total. The minimum Gasteiger partial charge on any atom is -0.338 e. The summed E-state index contributed by atoms with van der Waals surface area (Å²) >= 11 is 0. The topological polar surface area (TPSA) is 55.2 Å². The van der Waals surface area contributed by atoms with E-state index in [1.165, 1.54) is 4.68 Å². The zero-order chi connectivity index (χ0) is 15.6. The van der Waals surface area contributed by atoms with Gasteiger partial charge >= 0.3 is 0 Å². The lowest BCUT2D eigenvalue weighted by atomic mass is 10.1. The predicted octanol–water partition coefficient (Wildman–Crippen LogP) is 2.46. The zero-order valence-electron chi connectivity index (χ0n) is 13.0. The van der Waals surface area contributed by atoms with Gasteiger partial charge < -0.3 is 4.90 Å². The molecule has 2 aromatic rings. The highest BCUT2D eigenvalue weighted by Crippen LogP contribution is 2.16. The maximum absolute atomic E-state index is 12.7. The van der Waals surface area contributed by atoms with Gasteiger partial charge in [-0.25, -0.2) is 4.68 Å². The number of carbonyl (C=O) groups is 1. The van der Waals surface area contributed by atoms with Crippen LogP contribution in [-0.4, -0.2) is 33.7 Å². The molecule has 1 aromatic carbocycles. The van der Waals surface area contributed by atoms with Crippen LogP contribution in [0.15, 0.2) is 29.1 Å². The summed E-state index contributed by atoms with van der Waals surface area (Å²) in [4.78, 5) is 26.8. The Morgan fingerprint density at radius 1 is 1.19 bits per heavy atom. The summed E-state index contributed by atoms with van der Waals surface area (Å²) in [6.07, 6.45) is 0. The Hall–Kier alpha value is -2.17. The molecule has 0 aliphatic rings. The lowest BCUT2D eigenvalue weighted by molar-refractivity contribution is 0.0766. The molecule has 0 saturated heterocycles. The second kappa shape index (κ2) is 6.08. The standard InChI is InChI=1S/C16H21N3O2/c1-5-18(6-2)16(21)14-12-9-7-8-10-13(12)15(20)19(17-14)11(3)4/h7-11H,5-6H2,1-4H3. The fourth-order valence-electron chi connectivity index (χ4n) is 2.38. The van der Waals surface area contributed by atoms with E-state index in [0.29, 0.717) is 29.6 Å². The number of benzene rings is 1. The fraction of sp³-hybridized carbons (Fsp3) is 0.438. The number of hydrogen-bond donors (Lipinski definition) is 0.